The Hall–Kier alpha value is -2.68. The quantitative estimate of drug-likeness (QED) is 0.633. The third-order valence-electron chi connectivity index (χ3n) is 3.67. The Morgan fingerprint density at radius 1 is 1.00 bits per heavy atom. The van der Waals surface area contributed by atoms with Crippen LogP contribution < -0.4 is 14.2 Å². The lowest BCUT2D eigenvalue weighted by molar-refractivity contribution is 0.382. The maximum absolute atomic E-state index is 12.0. The van der Waals surface area contributed by atoms with Gasteiger partial charge in [-0.25, -0.2) is 0 Å². The highest BCUT2D eigenvalue weighted by molar-refractivity contribution is 7.87. The van der Waals surface area contributed by atoms with Crippen molar-refractivity contribution in [2.45, 2.75) is 13.1 Å². The van der Waals surface area contributed by atoms with Gasteiger partial charge in [0.2, 0.25) is 0 Å². The van der Waals surface area contributed by atoms with Crippen molar-refractivity contribution in [1.29, 1.82) is 0 Å². The van der Waals surface area contributed by atoms with E-state index in [2.05, 4.69) is 14.6 Å². The van der Waals surface area contributed by atoms with Crippen molar-refractivity contribution in [2.75, 3.05) is 7.11 Å². The molecule has 8 heteroatoms. The third kappa shape index (κ3) is 4.92. The molecular weight excluding hydrogens is 354 g/mol. The summed E-state index contributed by atoms with van der Waals surface area (Å²) < 4.78 is 39.4. The Morgan fingerprint density at radius 2 is 1.77 bits per heavy atom. The second-order valence-electron chi connectivity index (χ2n) is 5.54. The number of ether oxygens (including phenoxy) is 1. The molecule has 0 unspecified atom stereocenters. The Morgan fingerprint density at radius 3 is 2.54 bits per heavy atom. The minimum Gasteiger partial charge on any atom is -0.497 e. The molecule has 0 aliphatic heterocycles. The number of nitrogens with zero attached hydrogens (tertiary/aromatic N) is 1. The van der Waals surface area contributed by atoms with Gasteiger partial charge in [0.15, 0.2) is 5.76 Å². The molecule has 0 atom stereocenters. The highest BCUT2D eigenvalue weighted by atomic mass is 32.2. The van der Waals surface area contributed by atoms with Crippen LogP contribution in [0.3, 0.4) is 0 Å². The van der Waals surface area contributed by atoms with Crippen molar-refractivity contribution in [3.8, 4) is 17.0 Å². The summed E-state index contributed by atoms with van der Waals surface area (Å²) in [7, 11) is -2.06. The molecular formula is C18H19N3O4S. The Kier molecular flexibility index (Phi) is 5.67. The number of aromatic nitrogens is 1. The lowest BCUT2D eigenvalue weighted by atomic mass is 10.1. The first-order valence-corrected chi connectivity index (χ1v) is 9.42. The van der Waals surface area contributed by atoms with Gasteiger partial charge in [-0.05, 0) is 17.7 Å². The van der Waals surface area contributed by atoms with Crippen LogP contribution in [-0.4, -0.2) is 20.7 Å². The maximum atomic E-state index is 12.0. The molecule has 0 radical (unpaired) electrons. The molecule has 7 nitrogen and oxygen atoms in total. The van der Waals surface area contributed by atoms with Crippen LogP contribution in [0.1, 0.15) is 11.3 Å². The first-order valence-electron chi connectivity index (χ1n) is 7.94. The maximum Gasteiger partial charge on any atom is 0.277 e. The van der Waals surface area contributed by atoms with E-state index in [4.69, 9.17) is 9.26 Å². The minimum absolute atomic E-state index is 0.00108. The molecule has 1 heterocycles. The zero-order valence-electron chi connectivity index (χ0n) is 14.2. The van der Waals surface area contributed by atoms with Gasteiger partial charge in [-0.1, -0.05) is 47.6 Å². The van der Waals surface area contributed by atoms with E-state index in [9.17, 15) is 8.42 Å². The molecule has 26 heavy (non-hydrogen) atoms. The van der Waals surface area contributed by atoms with Gasteiger partial charge in [0.1, 0.15) is 11.4 Å². The molecule has 1 aromatic heterocycles. The number of benzene rings is 2. The molecule has 0 aliphatic carbocycles. The summed E-state index contributed by atoms with van der Waals surface area (Å²) in [5.41, 5.74) is 2.30. The molecule has 0 saturated heterocycles. The zero-order chi connectivity index (χ0) is 18.4. The second-order valence-corrected chi connectivity index (χ2v) is 7.13. The normalized spacial score (nSPS) is 11.4. The number of nitrogens with one attached hydrogen (secondary N) is 2. The van der Waals surface area contributed by atoms with Gasteiger partial charge in [-0.15, -0.1) is 0 Å². The molecule has 3 rings (SSSR count). The predicted molar refractivity (Wildman–Crippen MR) is 97.5 cm³/mol. The van der Waals surface area contributed by atoms with Crippen molar-refractivity contribution < 1.29 is 17.7 Å². The molecule has 0 fully saturated rings. The molecule has 3 aromatic rings. The fourth-order valence-electron chi connectivity index (χ4n) is 2.31. The van der Waals surface area contributed by atoms with Crippen LogP contribution in [-0.2, 0) is 23.3 Å². The SMILES string of the molecule is COc1cccc(-c2cc(CNS(=O)(=O)NCc3ccccc3)on2)c1. The summed E-state index contributed by atoms with van der Waals surface area (Å²) in [6.45, 7) is 0.211. The van der Waals surface area contributed by atoms with Crippen molar-refractivity contribution in [3.63, 3.8) is 0 Å². The summed E-state index contributed by atoms with van der Waals surface area (Å²) in [4.78, 5) is 0. The first kappa shape index (κ1) is 18.1. The van der Waals surface area contributed by atoms with Crippen molar-refractivity contribution in [3.05, 3.63) is 72.0 Å². The van der Waals surface area contributed by atoms with Gasteiger partial charge in [-0.3, -0.25) is 0 Å². The van der Waals surface area contributed by atoms with Crippen molar-refractivity contribution in [1.82, 2.24) is 14.6 Å². The number of rotatable bonds is 8. The van der Waals surface area contributed by atoms with E-state index >= 15 is 0 Å². The number of hydrogen-bond acceptors (Lipinski definition) is 5. The van der Waals surface area contributed by atoms with Gasteiger partial charge >= 0.3 is 0 Å². The van der Waals surface area contributed by atoms with Crippen LogP contribution in [0.5, 0.6) is 5.75 Å². The Bertz CT molecular complexity index is 955. The van der Waals surface area contributed by atoms with Gasteiger partial charge in [0, 0.05) is 18.2 Å². The summed E-state index contributed by atoms with van der Waals surface area (Å²) >= 11 is 0. The van der Waals surface area contributed by atoms with Crippen LogP contribution in [0, 0.1) is 0 Å². The Balaban J connectivity index is 1.58. The van der Waals surface area contributed by atoms with E-state index in [1.165, 1.54) is 0 Å². The van der Waals surface area contributed by atoms with Gasteiger partial charge in [0.05, 0.1) is 13.7 Å². The third-order valence-corrected chi connectivity index (χ3v) is 4.72. The minimum atomic E-state index is -3.65. The molecule has 0 saturated carbocycles. The predicted octanol–water partition coefficient (Wildman–Crippen LogP) is 2.47. The zero-order valence-corrected chi connectivity index (χ0v) is 15.0. The Labute approximate surface area is 152 Å². The smallest absolute Gasteiger partial charge is 0.277 e. The molecule has 2 N–H and O–H groups in total. The standard InChI is InChI=1S/C18H19N3O4S/c1-24-16-9-5-8-15(10-16)18-11-17(25-21-18)13-20-26(22,23)19-12-14-6-3-2-4-7-14/h2-11,19-20H,12-13H2,1H3. The summed E-state index contributed by atoms with van der Waals surface area (Å²) in [6, 6.07) is 18.3. The van der Waals surface area contributed by atoms with Gasteiger partial charge in [-0.2, -0.15) is 17.9 Å². The van der Waals surface area contributed by atoms with E-state index in [1.807, 2.05) is 54.6 Å². The topological polar surface area (TPSA) is 93.5 Å². The monoisotopic (exact) mass is 373 g/mol. The van der Waals surface area contributed by atoms with Crippen LogP contribution in [0.25, 0.3) is 11.3 Å². The molecule has 2 aromatic carbocycles. The first-order chi connectivity index (χ1) is 12.6. The molecule has 0 spiro atoms. The fourth-order valence-corrected chi connectivity index (χ4v) is 3.10. The molecule has 0 amide bonds. The van der Waals surface area contributed by atoms with Gasteiger partial charge in [0.25, 0.3) is 10.2 Å². The lowest BCUT2D eigenvalue weighted by Crippen LogP contribution is -2.35. The van der Waals surface area contributed by atoms with Crippen LogP contribution in [0.4, 0.5) is 0 Å². The van der Waals surface area contributed by atoms with Crippen LogP contribution in [0.2, 0.25) is 0 Å². The van der Waals surface area contributed by atoms with Crippen LogP contribution >= 0.6 is 0 Å². The summed E-state index contributed by atoms with van der Waals surface area (Å²) in [5.74, 6) is 1.12. The molecule has 0 bridgehead atoms. The fraction of sp³-hybridized carbons (Fsp3) is 0.167. The van der Waals surface area contributed by atoms with E-state index < -0.39 is 10.2 Å². The van der Waals surface area contributed by atoms with E-state index in [0.29, 0.717) is 17.2 Å². The molecule has 0 aliphatic rings. The van der Waals surface area contributed by atoms with E-state index in [-0.39, 0.29) is 13.1 Å². The lowest BCUT2D eigenvalue weighted by Gasteiger charge is -2.06. The van der Waals surface area contributed by atoms with Crippen LogP contribution in [0.15, 0.2) is 65.2 Å². The largest absolute Gasteiger partial charge is 0.497 e. The second kappa shape index (κ2) is 8.13. The van der Waals surface area contributed by atoms with Gasteiger partial charge < -0.3 is 9.26 Å². The number of methoxy groups -OCH3 is 1. The average molecular weight is 373 g/mol. The van der Waals surface area contributed by atoms with E-state index in [1.54, 1.807) is 13.2 Å². The highest BCUT2D eigenvalue weighted by Crippen LogP contribution is 2.23. The van der Waals surface area contributed by atoms with Crippen molar-refractivity contribution in [2.24, 2.45) is 0 Å². The van der Waals surface area contributed by atoms with Crippen molar-refractivity contribution >= 4 is 10.2 Å². The highest BCUT2D eigenvalue weighted by Gasteiger charge is 2.12. The van der Waals surface area contributed by atoms with E-state index in [0.717, 1.165) is 11.1 Å². The number of hydrogen-bond donors (Lipinski definition) is 2. The summed E-state index contributed by atoms with van der Waals surface area (Å²) in [5, 5.41) is 3.97. The average Bonchev–Trinajstić information content (AvgIpc) is 3.15. The molecule has 136 valence electrons. The summed E-state index contributed by atoms with van der Waals surface area (Å²) in [6.07, 6.45) is 0.